The third-order valence-electron chi connectivity index (χ3n) is 11.9. The third-order valence-corrected chi connectivity index (χ3v) is 12.9. The number of unbranched alkanes of at least 4 members (excludes halogenated alkanes) is 15. The lowest BCUT2D eigenvalue weighted by Gasteiger charge is -2.19. The van der Waals surface area contributed by atoms with Crippen molar-refractivity contribution in [3.8, 4) is 0 Å². The molecule has 0 spiro atoms. The summed E-state index contributed by atoms with van der Waals surface area (Å²) in [5, 5.41) is 0. The minimum Gasteiger partial charge on any atom is -0.462 e. The highest BCUT2D eigenvalue weighted by Crippen LogP contribution is 2.43. The van der Waals surface area contributed by atoms with Crippen LogP contribution in [0.4, 0.5) is 0 Å². The largest absolute Gasteiger partial charge is 0.472 e. The van der Waals surface area contributed by atoms with Gasteiger partial charge in [0, 0.05) is 19.4 Å². The Morgan fingerprint density at radius 3 is 1.03 bits per heavy atom. The van der Waals surface area contributed by atoms with E-state index in [2.05, 4.69) is 172 Å². The van der Waals surface area contributed by atoms with E-state index in [0.717, 1.165) is 116 Å². The lowest BCUT2D eigenvalue weighted by atomic mass is 10.0. The Morgan fingerprint density at radius 2 is 0.675 bits per heavy atom. The second kappa shape index (κ2) is 60.9. The van der Waals surface area contributed by atoms with Crippen LogP contribution in [0, 0.1) is 0 Å². The summed E-state index contributed by atoms with van der Waals surface area (Å²) in [5.74, 6) is -0.890. The Balaban J connectivity index is 4.03. The van der Waals surface area contributed by atoms with Crippen molar-refractivity contribution in [2.45, 2.75) is 225 Å². The summed E-state index contributed by atoms with van der Waals surface area (Å²) in [6, 6.07) is 0. The van der Waals surface area contributed by atoms with Crippen molar-refractivity contribution in [3.63, 3.8) is 0 Å². The first-order valence-corrected chi connectivity index (χ1v) is 31.5. The molecule has 434 valence electrons. The number of phosphoric ester groups is 1. The maximum atomic E-state index is 12.7. The summed E-state index contributed by atoms with van der Waals surface area (Å²) in [5.41, 5.74) is 5.38. The molecule has 0 fully saturated rings. The van der Waals surface area contributed by atoms with Gasteiger partial charge < -0.3 is 20.1 Å². The quantitative estimate of drug-likeness (QED) is 0.0264. The number of rotatable bonds is 54. The molecule has 0 bridgehead atoms. The number of allylic oxidation sites excluding steroid dienone is 26. The summed E-state index contributed by atoms with van der Waals surface area (Å²) in [6.45, 7) is 3.44. The molecule has 0 rings (SSSR count). The van der Waals surface area contributed by atoms with E-state index in [0.29, 0.717) is 12.8 Å². The number of phosphoric acid groups is 1. The standard InChI is InChI=1S/C67H108NO8P/c1-3-5-7-9-11-13-15-17-19-21-23-25-26-27-28-29-30-31-32-33-34-35-36-37-38-40-42-44-46-48-50-52-54-56-58-60-67(70)76-65(64-75-77(71,72)74-62-61-68)63-73-66(69)59-57-55-53-51-49-47-45-43-41-39-24-22-20-18-16-14-12-10-8-6-4-2/h5-8,11-14,17-20,23-25,27-28,30-31,33-34,39,43,45,49,51,65H,3-4,9-10,15-16,21-22,26,29,32,35-38,40-42,44,46-48,50,52-64,68H2,1-2H3,(H,71,72)/b7-5-,8-6-,13-11-,14-12-,19-17-,20-18-,25-23-,28-27-,31-30-,34-33-,39-24-,45-43-,51-49-. The highest BCUT2D eigenvalue weighted by Gasteiger charge is 2.26. The minimum atomic E-state index is -4.41. The zero-order valence-corrected chi connectivity index (χ0v) is 49.3. The van der Waals surface area contributed by atoms with Gasteiger partial charge in [0.05, 0.1) is 13.2 Å². The fourth-order valence-corrected chi connectivity index (χ4v) is 8.32. The molecule has 2 atom stereocenters. The monoisotopic (exact) mass is 1090 g/mol. The van der Waals surface area contributed by atoms with E-state index in [4.69, 9.17) is 24.3 Å². The molecule has 0 heterocycles. The number of hydrogen-bond acceptors (Lipinski definition) is 8. The summed E-state index contributed by atoms with van der Waals surface area (Å²) < 4.78 is 33.0. The van der Waals surface area contributed by atoms with Crippen molar-refractivity contribution >= 4 is 19.8 Å². The maximum absolute atomic E-state index is 12.7. The first-order chi connectivity index (χ1) is 37.8. The molecule has 0 saturated carbocycles. The molecule has 0 aromatic carbocycles. The molecular weight excluding hydrogens is 978 g/mol. The van der Waals surface area contributed by atoms with E-state index >= 15 is 0 Å². The van der Waals surface area contributed by atoms with E-state index in [1.165, 1.54) is 64.2 Å². The smallest absolute Gasteiger partial charge is 0.462 e. The van der Waals surface area contributed by atoms with Gasteiger partial charge in [-0.15, -0.1) is 0 Å². The number of hydrogen-bond donors (Lipinski definition) is 2. The lowest BCUT2D eigenvalue weighted by molar-refractivity contribution is -0.161. The van der Waals surface area contributed by atoms with Crippen LogP contribution in [-0.4, -0.2) is 49.3 Å². The highest BCUT2D eigenvalue weighted by atomic mass is 31.2. The van der Waals surface area contributed by atoms with E-state index in [-0.39, 0.29) is 32.6 Å². The van der Waals surface area contributed by atoms with Gasteiger partial charge in [-0.05, 0) is 122 Å². The van der Waals surface area contributed by atoms with Crippen LogP contribution in [0.15, 0.2) is 158 Å². The van der Waals surface area contributed by atoms with Gasteiger partial charge in [0.25, 0.3) is 0 Å². The Kier molecular flexibility index (Phi) is 57.4. The minimum absolute atomic E-state index is 0.0390. The topological polar surface area (TPSA) is 134 Å². The summed E-state index contributed by atoms with van der Waals surface area (Å²) >= 11 is 0. The molecule has 77 heavy (non-hydrogen) atoms. The molecule has 0 amide bonds. The summed E-state index contributed by atoms with van der Waals surface area (Å²) in [6.07, 6.45) is 88.8. The number of carbonyl (C=O) groups is 2. The highest BCUT2D eigenvalue weighted by molar-refractivity contribution is 7.47. The fraction of sp³-hybridized carbons (Fsp3) is 0.582. The van der Waals surface area contributed by atoms with Crippen molar-refractivity contribution in [1.82, 2.24) is 0 Å². The van der Waals surface area contributed by atoms with E-state index in [1.54, 1.807) is 0 Å². The predicted octanol–water partition coefficient (Wildman–Crippen LogP) is 19.3. The molecule has 0 aliphatic heterocycles. The molecule has 0 radical (unpaired) electrons. The molecule has 0 aliphatic rings. The van der Waals surface area contributed by atoms with Crippen LogP contribution in [0.5, 0.6) is 0 Å². The third kappa shape index (κ3) is 60.7. The van der Waals surface area contributed by atoms with E-state index in [1.807, 2.05) is 0 Å². The van der Waals surface area contributed by atoms with Crippen molar-refractivity contribution in [2.24, 2.45) is 5.73 Å². The van der Waals surface area contributed by atoms with Gasteiger partial charge in [0.2, 0.25) is 0 Å². The molecule has 9 nitrogen and oxygen atoms in total. The zero-order valence-electron chi connectivity index (χ0n) is 48.4. The SMILES string of the molecule is CC/C=C\C/C=C\C/C=C\C/C=C\C/C=C\C/C=C\C/C=C\CCCCCCCCCCCCCCCC(=O)OC(COC(=O)CCCC/C=C\C/C=C\C/C=C\C/C=C\C/C=C\C/C=C\CC)COP(=O)(O)OCCN. The molecule has 10 heteroatoms. The second-order valence-electron chi connectivity index (χ2n) is 19.1. The zero-order chi connectivity index (χ0) is 55.9. The van der Waals surface area contributed by atoms with Gasteiger partial charge in [-0.25, -0.2) is 4.57 Å². The fourth-order valence-electron chi connectivity index (χ4n) is 7.56. The number of nitrogens with two attached hydrogens (primary N) is 1. The molecule has 0 aromatic rings. The van der Waals surface area contributed by atoms with Crippen molar-refractivity contribution in [1.29, 1.82) is 0 Å². The van der Waals surface area contributed by atoms with E-state index < -0.39 is 32.5 Å². The van der Waals surface area contributed by atoms with Gasteiger partial charge in [0.15, 0.2) is 6.10 Å². The van der Waals surface area contributed by atoms with Gasteiger partial charge in [0.1, 0.15) is 6.61 Å². The molecule has 0 aliphatic carbocycles. The molecule has 0 saturated heterocycles. The van der Waals surface area contributed by atoms with Crippen LogP contribution in [0.3, 0.4) is 0 Å². The van der Waals surface area contributed by atoms with E-state index in [9.17, 15) is 19.0 Å². The molecule has 0 aromatic heterocycles. The van der Waals surface area contributed by atoms with Crippen LogP contribution in [0.1, 0.15) is 219 Å². The number of ether oxygens (including phenoxy) is 2. The maximum Gasteiger partial charge on any atom is 0.472 e. The van der Waals surface area contributed by atoms with Gasteiger partial charge in [-0.3, -0.25) is 18.6 Å². The van der Waals surface area contributed by atoms with Gasteiger partial charge in [-0.2, -0.15) is 0 Å². The predicted molar refractivity (Wildman–Crippen MR) is 330 cm³/mol. The second-order valence-corrected chi connectivity index (χ2v) is 20.6. The lowest BCUT2D eigenvalue weighted by Crippen LogP contribution is -2.29. The van der Waals surface area contributed by atoms with Crippen molar-refractivity contribution in [2.75, 3.05) is 26.4 Å². The van der Waals surface area contributed by atoms with Crippen LogP contribution in [-0.2, 0) is 32.7 Å². The van der Waals surface area contributed by atoms with Crippen LogP contribution in [0.2, 0.25) is 0 Å². The number of esters is 2. The summed E-state index contributed by atoms with van der Waals surface area (Å²) in [7, 11) is -4.41. The van der Waals surface area contributed by atoms with Crippen LogP contribution >= 0.6 is 7.82 Å². The molecule has 2 unspecified atom stereocenters. The Hall–Kier alpha value is -4.37. The van der Waals surface area contributed by atoms with Crippen molar-refractivity contribution in [3.05, 3.63) is 158 Å². The van der Waals surface area contributed by atoms with Crippen LogP contribution in [0.25, 0.3) is 0 Å². The summed E-state index contributed by atoms with van der Waals surface area (Å²) in [4.78, 5) is 35.2. The van der Waals surface area contributed by atoms with Gasteiger partial charge >= 0.3 is 19.8 Å². The van der Waals surface area contributed by atoms with Crippen molar-refractivity contribution < 1.29 is 37.6 Å². The Bertz CT molecular complexity index is 1810. The number of carbonyl (C=O) groups excluding carboxylic acids is 2. The molecular formula is C67H108NO8P. The Labute approximate surface area is 470 Å². The average molecular weight is 1090 g/mol. The average Bonchev–Trinajstić information content (AvgIpc) is 3.42. The molecule has 3 N–H and O–H groups in total. The first-order valence-electron chi connectivity index (χ1n) is 30.0. The Morgan fingerprint density at radius 1 is 0.390 bits per heavy atom. The first kappa shape index (κ1) is 72.6. The normalized spacial score (nSPS) is 14.2. The van der Waals surface area contributed by atoms with Crippen LogP contribution < -0.4 is 5.73 Å². The van der Waals surface area contributed by atoms with Gasteiger partial charge in [-0.1, -0.05) is 242 Å².